The van der Waals surface area contributed by atoms with Crippen molar-refractivity contribution in [2.24, 2.45) is 0 Å². The Morgan fingerprint density at radius 1 is 1.20 bits per heavy atom. The summed E-state index contributed by atoms with van der Waals surface area (Å²) in [6.45, 7) is 11.0. The molecule has 0 fully saturated rings. The smallest absolute Gasteiger partial charge is 0.122 e. The lowest BCUT2D eigenvalue weighted by Gasteiger charge is -2.19. The summed E-state index contributed by atoms with van der Waals surface area (Å²) in [5.74, 6) is 1.08. The molecule has 3 nitrogen and oxygen atoms in total. The molecule has 0 radical (unpaired) electrons. The maximum atomic E-state index is 5.54. The van der Waals surface area contributed by atoms with Crippen molar-refractivity contribution in [3.63, 3.8) is 0 Å². The Morgan fingerprint density at radius 3 is 2.90 bits per heavy atom. The zero-order valence-electron chi connectivity index (χ0n) is 13.0. The highest BCUT2D eigenvalue weighted by atomic mass is 16.5. The lowest BCUT2D eigenvalue weighted by atomic mass is 10.1. The summed E-state index contributed by atoms with van der Waals surface area (Å²) in [7, 11) is 0. The summed E-state index contributed by atoms with van der Waals surface area (Å²) in [5.41, 5.74) is 2.80. The van der Waals surface area contributed by atoms with Crippen LogP contribution >= 0.6 is 0 Å². The number of nitrogens with one attached hydrogen (secondary N) is 1. The van der Waals surface area contributed by atoms with Crippen molar-refractivity contribution in [2.45, 2.75) is 33.1 Å². The van der Waals surface area contributed by atoms with Crippen LogP contribution in [0.1, 0.15) is 31.4 Å². The number of hydrogen-bond donors (Lipinski definition) is 1. The van der Waals surface area contributed by atoms with Crippen LogP contribution in [0, 0.1) is 0 Å². The van der Waals surface area contributed by atoms with Gasteiger partial charge in [-0.05, 0) is 49.7 Å². The quantitative estimate of drug-likeness (QED) is 0.701. The summed E-state index contributed by atoms with van der Waals surface area (Å²) in [5, 5.41) is 3.55. The molecule has 0 aromatic heterocycles. The number of benzene rings is 1. The van der Waals surface area contributed by atoms with E-state index in [2.05, 4.69) is 42.3 Å². The molecule has 0 atom stereocenters. The molecule has 0 spiro atoms. The molecule has 0 saturated carbocycles. The van der Waals surface area contributed by atoms with Crippen molar-refractivity contribution in [3.05, 3.63) is 29.3 Å². The zero-order chi connectivity index (χ0) is 14.2. The maximum Gasteiger partial charge on any atom is 0.122 e. The van der Waals surface area contributed by atoms with Gasteiger partial charge in [-0.25, -0.2) is 0 Å². The van der Waals surface area contributed by atoms with Crippen molar-refractivity contribution in [3.8, 4) is 5.75 Å². The van der Waals surface area contributed by atoms with E-state index < -0.39 is 0 Å². The van der Waals surface area contributed by atoms with Gasteiger partial charge in [-0.1, -0.05) is 26.0 Å². The molecule has 0 unspecified atom stereocenters. The normalized spacial score (nSPS) is 13.6. The number of ether oxygens (including phenoxy) is 1. The van der Waals surface area contributed by atoms with Gasteiger partial charge >= 0.3 is 0 Å². The Bertz CT molecular complexity index is 406. The zero-order valence-corrected chi connectivity index (χ0v) is 13.0. The monoisotopic (exact) mass is 276 g/mol. The van der Waals surface area contributed by atoms with Crippen LogP contribution in [0.5, 0.6) is 5.75 Å². The van der Waals surface area contributed by atoms with Crippen molar-refractivity contribution >= 4 is 0 Å². The van der Waals surface area contributed by atoms with Gasteiger partial charge in [0.1, 0.15) is 5.75 Å². The van der Waals surface area contributed by atoms with E-state index >= 15 is 0 Å². The fourth-order valence-electron chi connectivity index (χ4n) is 2.73. The molecule has 2 rings (SSSR count). The third-order valence-corrected chi connectivity index (χ3v) is 3.94. The van der Waals surface area contributed by atoms with E-state index in [1.807, 2.05) is 0 Å². The maximum absolute atomic E-state index is 5.54. The number of likely N-dealkylation sites (N-methyl/N-ethyl adjacent to an activating group) is 1. The van der Waals surface area contributed by atoms with Gasteiger partial charge in [-0.15, -0.1) is 0 Å². The minimum Gasteiger partial charge on any atom is -0.493 e. The molecular formula is C17H28N2O. The third kappa shape index (κ3) is 4.50. The second-order valence-corrected chi connectivity index (χ2v) is 5.47. The fourth-order valence-corrected chi connectivity index (χ4v) is 2.73. The molecule has 1 N–H and O–H groups in total. The minimum atomic E-state index is 0.849. The van der Waals surface area contributed by atoms with Gasteiger partial charge in [-0.2, -0.15) is 0 Å². The summed E-state index contributed by atoms with van der Waals surface area (Å²) in [6.07, 6.45) is 3.41. The SMILES string of the molecule is CCCN(CC)CCNCCc1ccc2c(c1)CCO2. The molecule has 0 bridgehead atoms. The van der Waals surface area contributed by atoms with E-state index in [0.29, 0.717) is 0 Å². The van der Waals surface area contributed by atoms with Gasteiger partial charge in [0.15, 0.2) is 0 Å². The van der Waals surface area contributed by atoms with Gasteiger partial charge < -0.3 is 15.0 Å². The Balaban J connectivity index is 1.63. The molecule has 1 aliphatic rings. The molecule has 1 aromatic rings. The standard InChI is InChI=1S/C17H28N2O/c1-3-11-19(4-2)12-10-18-9-7-15-5-6-17-16(14-15)8-13-20-17/h5-6,14,18H,3-4,7-13H2,1-2H3. The minimum absolute atomic E-state index is 0.849. The van der Waals surface area contributed by atoms with E-state index in [1.165, 1.54) is 24.1 Å². The second-order valence-electron chi connectivity index (χ2n) is 5.47. The molecule has 112 valence electrons. The van der Waals surface area contributed by atoms with Crippen LogP contribution in [0.2, 0.25) is 0 Å². The van der Waals surface area contributed by atoms with Gasteiger partial charge in [0.2, 0.25) is 0 Å². The molecule has 0 aliphatic carbocycles. The van der Waals surface area contributed by atoms with E-state index in [9.17, 15) is 0 Å². The average molecular weight is 276 g/mol. The molecule has 3 heteroatoms. The highest BCUT2D eigenvalue weighted by Gasteiger charge is 2.11. The van der Waals surface area contributed by atoms with Crippen LogP contribution < -0.4 is 10.1 Å². The number of hydrogen-bond acceptors (Lipinski definition) is 3. The van der Waals surface area contributed by atoms with Gasteiger partial charge in [0.05, 0.1) is 6.61 Å². The first-order valence-electron chi connectivity index (χ1n) is 8.01. The van der Waals surface area contributed by atoms with Crippen molar-refractivity contribution in [1.29, 1.82) is 0 Å². The second kappa shape index (κ2) is 8.28. The molecular weight excluding hydrogens is 248 g/mol. The topological polar surface area (TPSA) is 24.5 Å². The summed E-state index contributed by atoms with van der Waals surface area (Å²) in [6, 6.07) is 6.62. The largest absolute Gasteiger partial charge is 0.493 e. The van der Waals surface area contributed by atoms with Crippen LogP contribution in [0.4, 0.5) is 0 Å². The summed E-state index contributed by atoms with van der Waals surface area (Å²) >= 11 is 0. The number of rotatable bonds is 9. The number of fused-ring (bicyclic) bond motifs is 1. The lowest BCUT2D eigenvalue weighted by molar-refractivity contribution is 0.288. The third-order valence-electron chi connectivity index (χ3n) is 3.94. The molecule has 0 saturated heterocycles. The fraction of sp³-hybridized carbons (Fsp3) is 0.647. The van der Waals surface area contributed by atoms with Crippen LogP contribution in [0.15, 0.2) is 18.2 Å². The van der Waals surface area contributed by atoms with E-state index in [4.69, 9.17) is 4.74 Å². The predicted molar refractivity (Wildman–Crippen MR) is 84.6 cm³/mol. The van der Waals surface area contributed by atoms with Crippen LogP contribution in [0.25, 0.3) is 0 Å². The highest BCUT2D eigenvalue weighted by Crippen LogP contribution is 2.25. The molecule has 20 heavy (non-hydrogen) atoms. The first-order valence-corrected chi connectivity index (χ1v) is 8.01. The number of nitrogens with zero attached hydrogens (tertiary/aromatic N) is 1. The van der Waals surface area contributed by atoms with Crippen LogP contribution in [-0.4, -0.2) is 44.2 Å². The molecule has 1 heterocycles. The average Bonchev–Trinajstić information content (AvgIpc) is 2.93. The van der Waals surface area contributed by atoms with E-state index in [1.54, 1.807) is 0 Å². The van der Waals surface area contributed by atoms with Crippen molar-refractivity contribution < 1.29 is 4.74 Å². The Labute approximate surface area is 123 Å². The Hall–Kier alpha value is -1.06. The van der Waals surface area contributed by atoms with Crippen LogP contribution in [-0.2, 0) is 12.8 Å². The van der Waals surface area contributed by atoms with Crippen LogP contribution in [0.3, 0.4) is 0 Å². The molecule has 0 amide bonds. The Morgan fingerprint density at radius 2 is 2.10 bits per heavy atom. The Kier molecular flexibility index (Phi) is 6.34. The van der Waals surface area contributed by atoms with E-state index in [0.717, 1.165) is 51.4 Å². The van der Waals surface area contributed by atoms with Gasteiger partial charge in [-0.3, -0.25) is 0 Å². The van der Waals surface area contributed by atoms with Gasteiger partial charge in [0, 0.05) is 19.5 Å². The lowest BCUT2D eigenvalue weighted by Crippen LogP contribution is -2.33. The van der Waals surface area contributed by atoms with Gasteiger partial charge in [0.25, 0.3) is 0 Å². The molecule has 1 aromatic carbocycles. The van der Waals surface area contributed by atoms with E-state index in [-0.39, 0.29) is 0 Å². The predicted octanol–water partition coefficient (Wildman–Crippen LogP) is 2.49. The summed E-state index contributed by atoms with van der Waals surface area (Å²) < 4.78 is 5.54. The van der Waals surface area contributed by atoms with Crippen molar-refractivity contribution in [1.82, 2.24) is 10.2 Å². The van der Waals surface area contributed by atoms with Crippen molar-refractivity contribution in [2.75, 3.05) is 39.3 Å². The first-order chi connectivity index (χ1) is 9.83. The summed E-state index contributed by atoms with van der Waals surface area (Å²) in [4.78, 5) is 2.50. The highest BCUT2D eigenvalue weighted by molar-refractivity contribution is 5.39. The molecule has 1 aliphatic heterocycles. The first kappa shape index (κ1) is 15.3.